The SMILES string of the molecule is CC=C1CC2CC(=O)OC(C=CCCCCNC(=O)N3CCC(N4CCCCCC4)CC3)C(C)C=CC(C)CC3CCCC(CC(C1)O2)O3. The number of cyclic esters (lactones) is 1. The van der Waals surface area contributed by atoms with E-state index in [1.807, 2.05) is 4.90 Å². The standard InChI is InChI=1S/C41H67N3O5/c1-4-33-27-37-29-36-15-13-14-35(47-36)26-31(2)17-18-32(3)39(49-40(45)30-38(28-33)48-37)16-9-5-6-10-21-42-41(46)44-24-19-34(20-25-44)43-22-11-7-8-12-23-43/h4,9,16-18,31-32,34-39H,5-8,10-15,19-30H2,1-3H3,(H,42,46). The van der Waals surface area contributed by atoms with Gasteiger partial charge in [-0.25, -0.2) is 4.79 Å². The van der Waals surface area contributed by atoms with Crippen LogP contribution in [0.3, 0.4) is 0 Å². The fourth-order valence-corrected chi connectivity index (χ4v) is 8.65. The minimum atomic E-state index is -0.323. The highest BCUT2D eigenvalue weighted by Crippen LogP contribution is 2.33. The molecule has 0 aliphatic carbocycles. The van der Waals surface area contributed by atoms with Crippen LogP contribution in [-0.2, 0) is 19.0 Å². The number of esters is 1. The van der Waals surface area contributed by atoms with Crippen LogP contribution in [0.2, 0.25) is 0 Å². The molecule has 0 aromatic heterocycles. The van der Waals surface area contributed by atoms with Gasteiger partial charge in [-0.2, -0.15) is 0 Å². The molecule has 7 unspecified atom stereocenters. The smallest absolute Gasteiger partial charge is 0.317 e. The van der Waals surface area contributed by atoms with E-state index < -0.39 is 0 Å². The lowest BCUT2D eigenvalue weighted by atomic mass is 9.90. The maximum atomic E-state index is 13.3. The lowest BCUT2D eigenvalue weighted by molar-refractivity contribution is -0.154. The van der Waals surface area contributed by atoms with Crippen LogP contribution in [-0.4, -0.2) is 91.1 Å². The molecule has 276 valence electrons. The van der Waals surface area contributed by atoms with Crippen molar-refractivity contribution in [1.82, 2.24) is 15.1 Å². The first-order chi connectivity index (χ1) is 23.9. The van der Waals surface area contributed by atoms with Crippen molar-refractivity contribution in [2.45, 2.75) is 166 Å². The van der Waals surface area contributed by atoms with Crippen LogP contribution < -0.4 is 5.32 Å². The number of unbranched alkanes of at least 4 members (excludes halogenated alkanes) is 2. The van der Waals surface area contributed by atoms with Gasteiger partial charge < -0.3 is 29.3 Å². The number of piperidine rings is 1. The fourth-order valence-electron chi connectivity index (χ4n) is 8.65. The molecule has 0 radical (unpaired) electrons. The molecule has 4 saturated heterocycles. The van der Waals surface area contributed by atoms with Gasteiger partial charge in [-0.15, -0.1) is 0 Å². The van der Waals surface area contributed by atoms with Crippen molar-refractivity contribution in [1.29, 1.82) is 0 Å². The van der Waals surface area contributed by atoms with E-state index in [0.717, 1.165) is 83.7 Å². The molecule has 5 aliphatic heterocycles. The van der Waals surface area contributed by atoms with Gasteiger partial charge in [0.05, 0.1) is 30.8 Å². The van der Waals surface area contributed by atoms with Gasteiger partial charge in [-0.1, -0.05) is 56.6 Å². The maximum absolute atomic E-state index is 13.3. The summed E-state index contributed by atoms with van der Waals surface area (Å²) in [5, 5.41) is 3.16. The zero-order chi connectivity index (χ0) is 34.4. The Bertz CT molecular complexity index is 1110. The first kappa shape index (κ1) is 38.1. The molecule has 49 heavy (non-hydrogen) atoms. The van der Waals surface area contributed by atoms with E-state index in [0.29, 0.717) is 24.6 Å². The summed E-state index contributed by atoms with van der Waals surface area (Å²) < 4.78 is 19.2. The summed E-state index contributed by atoms with van der Waals surface area (Å²) in [5.74, 6) is 0.262. The number of hydrogen-bond acceptors (Lipinski definition) is 6. The zero-order valence-electron chi connectivity index (χ0n) is 31.0. The molecule has 5 rings (SSSR count). The van der Waals surface area contributed by atoms with Gasteiger partial charge in [0.1, 0.15) is 6.10 Å². The Hall–Kier alpha value is -2.16. The molecular weight excluding hydrogens is 614 g/mol. The number of urea groups is 1. The lowest BCUT2D eigenvalue weighted by Gasteiger charge is -2.38. The number of fused-ring (bicyclic) bond motifs is 4. The van der Waals surface area contributed by atoms with E-state index >= 15 is 0 Å². The number of ether oxygens (including phenoxy) is 3. The molecule has 8 nitrogen and oxygen atoms in total. The van der Waals surface area contributed by atoms with Gasteiger partial charge in [0.25, 0.3) is 0 Å². The Morgan fingerprint density at radius 1 is 0.837 bits per heavy atom. The molecule has 4 fully saturated rings. The number of hydrogen-bond donors (Lipinski definition) is 1. The van der Waals surface area contributed by atoms with Crippen molar-refractivity contribution in [3.8, 4) is 0 Å². The Morgan fingerprint density at radius 2 is 1.55 bits per heavy atom. The molecule has 0 spiro atoms. The third-order valence-corrected chi connectivity index (χ3v) is 11.6. The third-order valence-electron chi connectivity index (χ3n) is 11.6. The van der Waals surface area contributed by atoms with Crippen LogP contribution in [0.15, 0.2) is 36.0 Å². The normalized spacial score (nSPS) is 34.1. The molecule has 1 N–H and O–H groups in total. The summed E-state index contributed by atoms with van der Waals surface area (Å²) in [6, 6.07) is 0.731. The Balaban J connectivity index is 1.08. The van der Waals surface area contributed by atoms with Crippen molar-refractivity contribution in [3.05, 3.63) is 36.0 Å². The summed E-state index contributed by atoms with van der Waals surface area (Å²) in [6.07, 6.45) is 28.7. The van der Waals surface area contributed by atoms with Crippen LogP contribution in [0.1, 0.15) is 130 Å². The molecule has 7 atom stereocenters. The molecule has 5 heterocycles. The second kappa shape index (κ2) is 20.0. The fraction of sp³-hybridized carbons (Fsp3) is 0.805. The summed E-state index contributed by atoms with van der Waals surface area (Å²) in [5.41, 5.74) is 1.37. The first-order valence-corrected chi connectivity index (χ1v) is 20.1. The number of carbonyl (C=O) groups is 2. The average molecular weight is 682 g/mol. The number of rotatable bonds is 7. The number of likely N-dealkylation sites (tertiary alicyclic amines) is 2. The molecule has 4 bridgehead atoms. The van der Waals surface area contributed by atoms with Crippen LogP contribution in [0.25, 0.3) is 0 Å². The lowest BCUT2D eigenvalue weighted by Crippen LogP contribution is -2.49. The van der Waals surface area contributed by atoms with Gasteiger partial charge in [0, 0.05) is 38.0 Å². The average Bonchev–Trinajstić information content (AvgIpc) is 3.39. The zero-order valence-corrected chi connectivity index (χ0v) is 31.0. The largest absolute Gasteiger partial charge is 0.457 e. The number of nitrogens with zero attached hydrogens (tertiary/aromatic N) is 2. The predicted octanol–water partition coefficient (Wildman–Crippen LogP) is 8.12. The van der Waals surface area contributed by atoms with Crippen LogP contribution in [0.5, 0.6) is 0 Å². The highest BCUT2D eigenvalue weighted by molar-refractivity contribution is 5.74. The second-order valence-electron chi connectivity index (χ2n) is 15.7. The van der Waals surface area contributed by atoms with Crippen molar-refractivity contribution in [2.24, 2.45) is 11.8 Å². The van der Waals surface area contributed by atoms with E-state index in [4.69, 9.17) is 14.2 Å². The quantitative estimate of drug-likeness (QED) is 0.166. The third kappa shape index (κ3) is 12.5. The number of carbonyl (C=O) groups excluding carboxylic acids is 2. The van der Waals surface area contributed by atoms with Crippen LogP contribution >= 0.6 is 0 Å². The highest BCUT2D eigenvalue weighted by Gasteiger charge is 2.33. The molecule has 2 amide bonds. The van der Waals surface area contributed by atoms with E-state index in [9.17, 15) is 9.59 Å². The highest BCUT2D eigenvalue weighted by atomic mass is 16.5. The Kier molecular flexibility index (Phi) is 15.6. The minimum absolute atomic E-state index is 0.0597. The second-order valence-corrected chi connectivity index (χ2v) is 15.7. The number of amides is 2. The molecule has 0 aromatic carbocycles. The summed E-state index contributed by atoms with van der Waals surface area (Å²) in [6.45, 7) is 11.4. The Labute approximate surface area is 297 Å². The maximum Gasteiger partial charge on any atom is 0.317 e. The van der Waals surface area contributed by atoms with E-state index in [1.165, 1.54) is 50.8 Å². The predicted molar refractivity (Wildman–Crippen MR) is 196 cm³/mol. The van der Waals surface area contributed by atoms with Gasteiger partial charge in [0.15, 0.2) is 0 Å². The topological polar surface area (TPSA) is 80.3 Å². The van der Waals surface area contributed by atoms with Gasteiger partial charge in [0.2, 0.25) is 0 Å². The van der Waals surface area contributed by atoms with Crippen LogP contribution in [0, 0.1) is 11.8 Å². The summed E-state index contributed by atoms with van der Waals surface area (Å²) in [7, 11) is 0. The summed E-state index contributed by atoms with van der Waals surface area (Å²) >= 11 is 0. The molecule has 0 saturated carbocycles. The van der Waals surface area contributed by atoms with E-state index in [1.54, 1.807) is 0 Å². The van der Waals surface area contributed by atoms with E-state index in [-0.39, 0.29) is 48.8 Å². The van der Waals surface area contributed by atoms with Crippen molar-refractivity contribution in [3.63, 3.8) is 0 Å². The molecule has 5 aliphatic rings. The summed E-state index contributed by atoms with van der Waals surface area (Å²) in [4.78, 5) is 30.8. The number of allylic oxidation sites excluding steroid dienone is 3. The van der Waals surface area contributed by atoms with Crippen molar-refractivity contribution < 1.29 is 23.8 Å². The minimum Gasteiger partial charge on any atom is -0.457 e. The van der Waals surface area contributed by atoms with Crippen LogP contribution in [0.4, 0.5) is 4.79 Å². The molecule has 8 heteroatoms. The molecular formula is C41H67N3O5. The van der Waals surface area contributed by atoms with Gasteiger partial charge in [-0.05, 0) is 115 Å². The molecule has 0 aromatic rings. The van der Waals surface area contributed by atoms with Crippen molar-refractivity contribution in [2.75, 3.05) is 32.7 Å². The van der Waals surface area contributed by atoms with Gasteiger partial charge >= 0.3 is 12.0 Å². The number of nitrogens with one attached hydrogen (secondary N) is 1. The van der Waals surface area contributed by atoms with E-state index in [2.05, 4.69) is 61.4 Å². The Morgan fingerprint density at radius 3 is 2.31 bits per heavy atom. The monoisotopic (exact) mass is 682 g/mol. The first-order valence-electron chi connectivity index (χ1n) is 20.1. The van der Waals surface area contributed by atoms with Crippen molar-refractivity contribution >= 4 is 12.0 Å². The van der Waals surface area contributed by atoms with Gasteiger partial charge in [-0.3, -0.25) is 4.79 Å².